The number of carbonyl (C=O) groups is 1. The molecule has 1 saturated heterocycles. The van der Waals surface area contributed by atoms with E-state index in [1.807, 2.05) is 0 Å². The maximum absolute atomic E-state index is 11.6. The fourth-order valence-electron chi connectivity index (χ4n) is 1.91. The Hall–Kier alpha value is -1.47. The Morgan fingerprint density at radius 1 is 1.59 bits per heavy atom. The lowest BCUT2D eigenvalue weighted by Crippen LogP contribution is -2.30. The number of piperidine rings is 1. The Morgan fingerprint density at radius 3 is 3.06 bits per heavy atom. The van der Waals surface area contributed by atoms with Crippen molar-refractivity contribution in [2.75, 3.05) is 26.2 Å². The van der Waals surface area contributed by atoms with Gasteiger partial charge in [0.15, 0.2) is 5.69 Å². The molecule has 1 fully saturated rings. The number of nitrogens with zero attached hydrogens (tertiary/aromatic N) is 3. The Morgan fingerprint density at radius 2 is 2.35 bits per heavy atom. The van der Waals surface area contributed by atoms with Crippen molar-refractivity contribution in [1.82, 2.24) is 25.6 Å². The van der Waals surface area contributed by atoms with Crippen molar-refractivity contribution in [3.63, 3.8) is 0 Å². The van der Waals surface area contributed by atoms with Crippen molar-refractivity contribution in [2.24, 2.45) is 5.73 Å². The third-order valence-electron chi connectivity index (χ3n) is 2.86. The molecular formula is C10H18N6O. The summed E-state index contributed by atoms with van der Waals surface area (Å²) < 4.78 is 1.79. The van der Waals surface area contributed by atoms with Gasteiger partial charge in [-0.25, -0.2) is 4.68 Å². The molecule has 2 rings (SSSR count). The lowest BCUT2D eigenvalue weighted by Gasteiger charge is -2.22. The van der Waals surface area contributed by atoms with Crippen molar-refractivity contribution < 1.29 is 4.79 Å². The molecule has 1 amide bonds. The molecule has 0 spiro atoms. The molecule has 0 aromatic carbocycles. The molecule has 17 heavy (non-hydrogen) atoms. The highest BCUT2D eigenvalue weighted by Gasteiger charge is 2.18. The monoisotopic (exact) mass is 238 g/mol. The first kappa shape index (κ1) is 12.0. The molecule has 0 unspecified atom stereocenters. The minimum atomic E-state index is -0.212. The minimum Gasteiger partial charge on any atom is -0.349 e. The Labute approximate surface area is 99.7 Å². The molecule has 0 saturated carbocycles. The van der Waals surface area contributed by atoms with Gasteiger partial charge in [0.2, 0.25) is 0 Å². The molecule has 0 atom stereocenters. The quantitative estimate of drug-likeness (QED) is 0.618. The number of rotatable bonds is 4. The van der Waals surface area contributed by atoms with Crippen LogP contribution < -0.4 is 16.4 Å². The van der Waals surface area contributed by atoms with Gasteiger partial charge in [0, 0.05) is 13.1 Å². The molecule has 7 nitrogen and oxygen atoms in total. The van der Waals surface area contributed by atoms with E-state index in [0.717, 1.165) is 25.9 Å². The molecule has 1 aromatic rings. The standard InChI is InChI=1S/C10H18N6O/c11-3-6-13-10(17)9-7-16(15-14-9)8-1-4-12-5-2-8/h7-8,12H,1-6,11H2,(H,13,17). The van der Waals surface area contributed by atoms with Gasteiger partial charge in [0.25, 0.3) is 5.91 Å². The molecule has 0 radical (unpaired) electrons. The van der Waals surface area contributed by atoms with Crippen LogP contribution in [0.2, 0.25) is 0 Å². The summed E-state index contributed by atoms with van der Waals surface area (Å²) in [4.78, 5) is 11.6. The summed E-state index contributed by atoms with van der Waals surface area (Å²) in [7, 11) is 0. The molecule has 7 heteroatoms. The molecule has 1 aliphatic rings. The van der Waals surface area contributed by atoms with E-state index in [-0.39, 0.29) is 5.91 Å². The van der Waals surface area contributed by atoms with Gasteiger partial charge in [-0.15, -0.1) is 5.10 Å². The van der Waals surface area contributed by atoms with E-state index in [0.29, 0.717) is 24.8 Å². The van der Waals surface area contributed by atoms with E-state index in [4.69, 9.17) is 5.73 Å². The molecule has 0 aliphatic carbocycles. The van der Waals surface area contributed by atoms with Gasteiger partial charge in [-0.05, 0) is 25.9 Å². The second kappa shape index (κ2) is 5.74. The third kappa shape index (κ3) is 3.01. The largest absolute Gasteiger partial charge is 0.349 e. The maximum atomic E-state index is 11.6. The molecular weight excluding hydrogens is 220 g/mol. The van der Waals surface area contributed by atoms with Crippen LogP contribution in [0.5, 0.6) is 0 Å². The van der Waals surface area contributed by atoms with E-state index in [1.165, 1.54) is 0 Å². The van der Waals surface area contributed by atoms with E-state index in [9.17, 15) is 4.79 Å². The van der Waals surface area contributed by atoms with Gasteiger partial charge >= 0.3 is 0 Å². The summed E-state index contributed by atoms with van der Waals surface area (Å²) in [5.74, 6) is -0.212. The zero-order valence-electron chi connectivity index (χ0n) is 9.72. The first-order chi connectivity index (χ1) is 8.31. The molecule has 1 aliphatic heterocycles. The van der Waals surface area contributed by atoms with Crippen LogP contribution in [0.4, 0.5) is 0 Å². The number of hydrogen-bond acceptors (Lipinski definition) is 5. The highest BCUT2D eigenvalue weighted by atomic mass is 16.2. The van der Waals surface area contributed by atoms with Crippen LogP contribution >= 0.6 is 0 Å². The van der Waals surface area contributed by atoms with Crippen LogP contribution in [0.3, 0.4) is 0 Å². The summed E-state index contributed by atoms with van der Waals surface area (Å²) >= 11 is 0. The van der Waals surface area contributed by atoms with Crippen LogP contribution in [-0.2, 0) is 0 Å². The molecule has 94 valence electrons. The lowest BCUT2D eigenvalue weighted by molar-refractivity contribution is 0.0949. The first-order valence-corrected chi connectivity index (χ1v) is 5.92. The molecule has 1 aromatic heterocycles. The van der Waals surface area contributed by atoms with E-state index in [2.05, 4.69) is 20.9 Å². The summed E-state index contributed by atoms with van der Waals surface area (Å²) in [6.07, 6.45) is 3.75. The van der Waals surface area contributed by atoms with Crippen LogP contribution in [-0.4, -0.2) is 47.1 Å². The Balaban J connectivity index is 1.97. The highest BCUT2D eigenvalue weighted by molar-refractivity contribution is 5.91. The second-order valence-corrected chi connectivity index (χ2v) is 4.11. The zero-order chi connectivity index (χ0) is 12.1. The van der Waals surface area contributed by atoms with Gasteiger partial charge in [-0.2, -0.15) is 0 Å². The van der Waals surface area contributed by atoms with Crippen molar-refractivity contribution in [3.05, 3.63) is 11.9 Å². The predicted molar refractivity (Wildman–Crippen MR) is 62.6 cm³/mol. The molecule has 2 heterocycles. The fourth-order valence-corrected chi connectivity index (χ4v) is 1.91. The number of nitrogens with two attached hydrogens (primary N) is 1. The van der Waals surface area contributed by atoms with Gasteiger partial charge in [0.1, 0.15) is 0 Å². The van der Waals surface area contributed by atoms with Crippen LogP contribution in [0, 0.1) is 0 Å². The number of amides is 1. The van der Waals surface area contributed by atoms with Crippen molar-refractivity contribution in [1.29, 1.82) is 0 Å². The van der Waals surface area contributed by atoms with Crippen LogP contribution in [0.25, 0.3) is 0 Å². The maximum Gasteiger partial charge on any atom is 0.273 e. The van der Waals surface area contributed by atoms with E-state index in [1.54, 1.807) is 10.9 Å². The number of nitrogens with one attached hydrogen (secondary N) is 2. The number of carbonyl (C=O) groups excluding carboxylic acids is 1. The van der Waals surface area contributed by atoms with E-state index >= 15 is 0 Å². The van der Waals surface area contributed by atoms with Crippen molar-refractivity contribution >= 4 is 5.91 Å². The highest BCUT2D eigenvalue weighted by Crippen LogP contribution is 2.16. The normalized spacial score (nSPS) is 17.0. The predicted octanol–water partition coefficient (Wildman–Crippen LogP) is -1.11. The average Bonchev–Trinajstić information content (AvgIpc) is 2.86. The topological polar surface area (TPSA) is 97.9 Å². The number of aromatic nitrogens is 3. The van der Waals surface area contributed by atoms with Gasteiger partial charge in [0.05, 0.1) is 12.2 Å². The van der Waals surface area contributed by atoms with Crippen LogP contribution in [0.1, 0.15) is 29.4 Å². The summed E-state index contributed by atoms with van der Waals surface area (Å²) in [5.41, 5.74) is 5.67. The zero-order valence-corrected chi connectivity index (χ0v) is 9.72. The minimum absolute atomic E-state index is 0.212. The molecule has 4 N–H and O–H groups in total. The third-order valence-corrected chi connectivity index (χ3v) is 2.86. The fraction of sp³-hybridized carbons (Fsp3) is 0.700. The summed E-state index contributed by atoms with van der Waals surface area (Å²) in [5, 5.41) is 13.9. The second-order valence-electron chi connectivity index (χ2n) is 4.11. The van der Waals surface area contributed by atoms with Gasteiger partial charge in [-0.1, -0.05) is 5.21 Å². The number of hydrogen-bond donors (Lipinski definition) is 3. The average molecular weight is 238 g/mol. The van der Waals surface area contributed by atoms with Gasteiger partial charge < -0.3 is 16.4 Å². The van der Waals surface area contributed by atoms with E-state index < -0.39 is 0 Å². The molecule has 0 bridgehead atoms. The summed E-state index contributed by atoms with van der Waals surface area (Å²) in [6.45, 7) is 2.85. The lowest BCUT2D eigenvalue weighted by atomic mass is 10.1. The van der Waals surface area contributed by atoms with Crippen LogP contribution in [0.15, 0.2) is 6.20 Å². The van der Waals surface area contributed by atoms with Crippen molar-refractivity contribution in [3.8, 4) is 0 Å². The smallest absolute Gasteiger partial charge is 0.273 e. The Kier molecular flexibility index (Phi) is 4.05. The van der Waals surface area contributed by atoms with Gasteiger partial charge in [-0.3, -0.25) is 4.79 Å². The van der Waals surface area contributed by atoms with Crippen molar-refractivity contribution in [2.45, 2.75) is 18.9 Å². The first-order valence-electron chi connectivity index (χ1n) is 5.92. The SMILES string of the molecule is NCCNC(=O)c1cn(C2CCNCC2)nn1. The summed E-state index contributed by atoms with van der Waals surface area (Å²) in [6, 6.07) is 0.347. The Bertz CT molecular complexity index is 371.